The Morgan fingerprint density at radius 2 is 1.61 bits per heavy atom. The van der Waals surface area contributed by atoms with Gasteiger partial charge in [0.05, 0.1) is 23.0 Å². The number of rotatable bonds is 5. The molecule has 0 aliphatic heterocycles. The molecule has 28 heavy (non-hydrogen) atoms. The molecule has 0 radical (unpaired) electrons. The highest BCUT2D eigenvalue weighted by Gasteiger charge is 2.19. The van der Waals surface area contributed by atoms with Crippen molar-refractivity contribution < 1.29 is 23.8 Å². The highest BCUT2D eigenvalue weighted by Crippen LogP contribution is 2.33. The van der Waals surface area contributed by atoms with E-state index in [2.05, 4.69) is 6.07 Å². The molecule has 1 unspecified atom stereocenters. The monoisotopic (exact) mass is 394 g/mol. The predicted molar refractivity (Wildman–Crippen MR) is 105 cm³/mol. The first-order valence-corrected chi connectivity index (χ1v) is 9.05. The molecule has 140 valence electrons. The van der Waals surface area contributed by atoms with E-state index in [1.165, 1.54) is 6.07 Å². The molecule has 8 heteroatoms. The highest BCUT2D eigenvalue weighted by atomic mass is 32.2. The number of phenols is 1. The predicted octanol–water partition coefficient (Wildman–Crippen LogP) is 3.90. The summed E-state index contributed by atoms with van der Waals surface area (Å²) in [6.45, 7) is 0. The molecule has 3 rings (SSSR count). The number of aromatic hydroxyl groups is 1. The average molecular weight is 394 g/mol. The van der Waals surface area contributed by atoms with Crippen LogP contribution in [0.25, 0.3) is 11.1 Å². The molecule has 0 aromatic heterocycles. The number of carboxylic acids is 1. The van der Waals surface area contributed by atoms with Crippen molar-refractivity contribution in [3.05, 3.63) is 77.9 Å². The second-order valence-corrected chi connectivity index (χ2v) is 6.60. The maximum absolute atomic E-state index is 12.0. The van der Waals surface area contributed by atoms with E-state index in [0.717, 1.165) is 27.6 Å². The van der Waals surface area contributed by atoms with Crippen molar-refractivity contribution in [3.8, 4) is 22.9 Å². The van der Waals surface area contributed by atoms with Gasteiger partial charge in [0.25, 0.3) is 11.3 Å². The van der Waals surface area contributed by atoms with Crippen molar-refractivity contribution in [2.45, 2.75) is 0 Å². The zero-order chi connectivity index (χ0) is 20.3. The number of carbonyl (C=O) groups is 1. The smallest absolute Gasteiger partial charge is 0.339 e. The number of hydrogen-bond acceptors (Lipinski definition) is 4. The van der Waals surface area contributed by atoms with Gasteiger partial charge in [0.1, 0.15) is 11.3 Å². The lowest BCUT2D eigenvalue weighted by Crippen LogP contribution is -2.19. The molecule has 0 bridgehead atoms. The Kier molecular flexibility index (Phi) is 5.40. The van der Waals surface area contributed by atoms with Gasteiger partial charge < -0.3 is 10.2 Å². The summed E-state index contributed by atoms with van der Waals surface area (Å²) in [5.74, 6) is -1.82. The molecule has 0 heterocycles. The molecular formula is C20H14N2O5S. The maximum atomic E-state index is 12.0. The Bertz CT molecular complexity index is 1120. The summed E-state index contributed by atoms with van der Waals surface area (Å²) in [5.41, 5.74) is 2.15. The van der Waals surface area contributed by atoms with E-state index in [4.69, 9.17) is 10.4 Å². The van der Waals surface area contributed by atoms with Crippen LogP contribution in [0.15, 0.2) is 66.7 Å². The number of aromatic carboxylic acids is 1. The Morgan fingerprint density at radius 1 is 0.964 bits per heavy atom. The van der Waals surface area contributed by atoms with Gasteiger partial charge in [0.15, 0.2) is 0 Å². The van der Waals surface area contributed by atoms with Crippen molar-refractivity contribution in [1.29, 1.82) is 5.26 Å². The van der Waals surface area contributed by atoms with Gasteiger partial charge in [-0.2, -0.15) is 5.26 Å². The largest absolute Gasteiger partial charge is 0.507 e. The van der Waals surface area contributed by atoms with E-state index in [1.54, 1.807) is 42.5 Å². The van der Waals surface area contributed by atoms with E-state index in [-0.39, 0.29) is 11.3 Å². The summed E-state index contributed by atoms with van der Waals surface area (Å²) in [5, 5.41) is 28.0. The Morgan fingerprint density at radius 3 is 2.21 bits per heavy atom. The molecule has 3 aromatic rings. The third-order valence-corrected chi connectivity index (χ3v) is 4.74. The van der Waals surface area contributed by atoms with Crippen LogP contribution in [0.2, 0.25) is 0 Å². The lowest BCUT2D eigenvalue weighted by Gasteiger charge is -2.21. The summed E-state index contributed by atoms with van der Waals surface area (Å²) in [4.78, 5) is 11.1. The maximum Gasteiger partial charge on any atom is 0.339 e. The van der Waals surface area contributed by atoms with Crippen LogP contribution in [0.4, 0.5) is 11.4 Å². The lowest BCUT2D eigenvalue weighted by atomic mass is 10.0. The van der Waals surface area contributed by atoms with E-state index in [0.29, 0.717) is 11.3 Å². The molecule has 0 aliphatic rings. The molecule has 0 amide bonds. The first-order valence-electron chi connectivity index (χ1n) is 7.98. The number of nitriles is 1. The fourth-order valence-electron chi connectivity index (χ4n) is 2.74. The molecule has 0 aliphatic carbocycles. The number of carboxylic acid groups (broad SMARTS) is 1. The molecule has 0 spiro atoms. The molecule has 0 fully saturated rings. The molecular weight excluding hydrogens is 380 g/mol. The third-order valence-electron chi connectivity index (χ3n) is 4.01. The number of hydrogen-bond donors (Lipinski definition) is 3. The topological polar surface area (TPSA) is 122 Å². The van der Waals surface area contributed by atoms with Gasteiger partial charge >= 0.3 is 5.97 Å². The van der Waals surface area contributed by atoms with E-state index in [1.807, 2.05) is 6.07 Å². The second kappa shape index (κ2) is 7.92. The van der Waals surface area contributed by atoms with Crippen LogP contribution in [-0.4, -0.2) is 24.9 Å². The Hall–Kier alpha value is -3.67. The summed E-state index contributed by atoms with van der Waals surface area (Å²) >= 11 is -2.48. The lowest BCUT2D eigenvalue weighted by molar-refractivity contribution is 0.0694. The third kappa shape index (κ3) is 3.86. The summed E-state index contributed by atoms with van der Waals surface area (Å²) in [6.07, 6.45) is 0. The van der Waals surface area contributed by atoms with Crippen LogP contribution in [-0.2, 0) is 11.3 Å². The minimum absolute atomic E-state index is 0.145. The van der Waals surface area contributed by atoms with Crippen LogP contribution in [0.3, 0.4) is 0 Å². The van der Waals surface area contributed by atoms with Gasteiger partial charge in [-0.3, -0.25) is 4.55 Å². The SMILES string of the molecule is N#Cc1cccc(-c2cccc(N(c3ccc(C(=O)O)c(O)c3)S(=O)O)c2)c1. The zero-order valence-corrected chi connectivity index (χ0v) is 15.1. The van der Waals surface area contributed by atoms with Crippen LogP contribution < -0.4 is 4.31 Å². The minimum Gasteiger partial charge on any atom is -0.507 e. The van der Waals surface area contributed by atoms with E-state index >= 15 is 0 Å². The van der Waals surface area contributed by atoms with Gasteiger partial charge in [0, 0.05) is 6.07 Å². The zero-order valence-electron chi connectivity index (χ0n) is 14.3. The standard InChI is InChI=1S/C20H14N2O5S/c21-12-13-3-1-4-14(9-13)15-5-2-6-16(10-15)22(28(26)27)17-7-8-18(20(24)25)19(23)11-17/h1-11,23H,(H,24,25)(H,26,27). The van der Waals surface area contributed by atoms with Crippen LogP contribution in [0.5, 0.6) is 5.75 Å². The van der Waals surface area contributed by atoms with Crippen molar-refractivity contribution in [3.63, 3.8) is 0 Å². The normalized spacial score (nSPS) is 11.4. The summed E-state index contributed by atoms with van der Waals surface area (Å²) < 4.78 is 22.8. The molecule has 1 atom stereocenters. The molecule has 0 saturated heterocycles. The molecule has 3 aromatic carbocycles. The van der Waals surface area contributed by atoms with E-state index < -0.39 is 23.0 Å². The quantitative estimate of drug-likeness (QED) is 0.564. The summed E-state index contributed by atoms with van der Waals surface area (Å²) in [6, 6.07) is 19.4. The second-order valence-electron chi connectivity index (χ2n) is 5.77. The van der Waals surface area contributed by atoms with Gasteiger partial charge in [-0.15, -0.1) is 0 Å². The van der Waals surface area contributed by atoms with Gasteiger partial charge in [-0.25, -0.2) is 13.3 Å². The number of benzene rings is 3. The Labute approximate surface area is 163 Å². The fraction of sp³-hybridized carbons (Fsp3) is 0. The fourth-order valence-corrected chi connectivity index (χ4v) is 3.32. The van der Waals surface area contributed by atoms with Crippen molar-refractivity contribution in [2.24, 2.45) is 0 Å². The van der Waals surface area contributed by atoms with Crippen LogP contribution in [0, 0.1) is 11.3 Å². The number of nitrogens with zero attached hydrogens (tertiary/aromatic N) is 2. The minimum atomic E-state index is -2.48. The molecule has 3 N–H and O–H groups in total. The van der Waals surface area contributed by atoms with Crippen molar-refractivity contribution in [2.75, 3.05) is 4.31 Å². The first kappa shape index (κ1) is 19.1. The van der Waals surface area contributed by atoms with Crippen molar-refractivity contribution in [1.82, 2.24) is 0 Å². The van der Waals surface area contributed by atoms with Crippen LogP contribution >= 0.6 is 0 Å². The highest BCUT2D eigenvalue weighted by molar-refractivity contribution is 7.81. The summed E-state index contributed by atoms with van der Waals surface area (Å²) in [7, 11) is 0. The van der Waals surface area contributed by atoms with Gasteiger partial charge in [-0.05, 0) is 47.5 Å². The van der Waals surface area contributed by atoms with Gasteiger partial charge in [0.2, 0.25) is 0 Å². The molecule has 7 nitrogen and oxygen atoms in total. The first-order chi connectivity index (χ1) is 13.4. The molecule has 0 saturated carbocycles. The van der Waals surface area contributed by atoms with Crippen molar-refractivity contribution >= 4 is 28.6 Å². The average Bonchev–Trinajstić information content (AvgIpc) is 2.68. The van der Waals surface area contributed by atoms with Crippen LogP contribution in [0.1, 0.15) is 15.9 Å². The Balaban J connectivity index is 2.07. The van der Waals surface area contributed by atoms with Gasteiger partial charge in [-0.1, -0.05) is 24.3 Å². The number of anilines is 2. The van der Waals surface area contributed by atoms with E-state index in [9.17, 15) is 18.7 Å².